The van der Waals surface area contributed by atoms with Gasteiger partial charge >= 0.3 is 6.09 Å². The number of ether oxygens (including phenoxy) is 4. The Labute approximate surface area is 229 Å². The van der Waals surface area contributed by atoms with Crippen LogP contribution >= 0.6 is 11.6 Å². The van der Waals surface area contributed by atoms with E-state index in [4.69, 9.17) is 30.5 Å². The van der Waals surface area contributed by atoms with Crippen LogP contribution in [0.3, 0.4) is 0 Å². The molecule has 2 amide bonds. The van der Waals surface area contributed by atoms with Crippen molar-refractivity contribution < 1.29 is 28.5 Å². The van der Waals surface area contributed by atoms with E-state index in [0.29, 0.717) is 55.6 Å². The van der Waals surface area contributed by atoms with Gasteiger partial charge in [0.1, 0.15) is 30.9 Å². The number of halogens is 1. The molecule has 0 bridgehead atoms. The molecule has 2 aliphatic rings. The summed E-state index contributed by atoms with van der Waals surface area (Å²) < 4.78 is 22.8. The Balaban J connectivity index is 1.39. The van der Waals surface area contributed by atoms with Crippen LogP contribution < -0.4 is 10.1 Å². The average Bonchev–Trinajstić information content (AvgIpc) is 3.24. The fraction of sp³-hybridized carbons (Fsp3) is 0.519. The Kier molecular flexibility index (Phi) is 9.64. The Morgan fingerprint density at radius 3 is 2.76 bits per heavy atom. The van der Waals surface area contributed by atoms with Crippen molar-refractivity contribution in [2.24, 2.45) is 0 Å². The number of fused-ring (bicyclic) bond motifs is 1. The van der Waals surface area contributed by atoms with Gasteiger partial charge in [-0.05, 0) is 23.7 Å². The van der Waals surface area contributed by atoms with E-state index in [9.17, 15) is 9.59 Å². The minimum atomic E-state index is -1.17. The summed E-state index contributed by atoms with van der Waals surface area (Å²) in [7, 11) is -1.17. The maximum atomic E-state index is 13.0. The Morgan fingerprint density at radius 2 is 2.00 bits per heavy atom. The third-order valence-corrected chi connectivity index (χ3v) is 8.42. The number of nitrogens with one attached hydrogen (secondary N) is 1. The lowest BCUT2D eigenvalue weighted by Gasteiger charge is -2.32. The van der Waals surface area contributed by atoms with Crippen LogP contribution in [-0.2, 0) is 27.4 Å². The largest absolute Gasteiger partial charge is 0.490 e. The van der Waals surface area contributed by atoms with E-state index in [1.54, 1.807) is 29.2 Å². The van der Waals surface area contributed by atoms with E-state index < -0.39 is 8.07 Å². The highest BCUT2D eigenvalue weighted by atomic mass is 35.5. The SMILES string of the molecule is C[Si](C)(C)CCOCOCc1cc(O[C@H]2CCN3C(=O)OC[C@@H]3C2)cc(C(=O)NCc2ccc(Cl)cc2)n1. The molecule has 1 aromatic carbocycles. The molecule has 1 aromatic heterocycles. The van der Waals surface area contributed by atoms with Crippen molar-refractivity contribution >= 4 is 31.7 Å². The van der Waals surface area contributed by atoms with Crippen molar-refractivity contribution in [1.82, 2.24) is 15.2 Å². The molecule has 2 aliphatic heterocycles. The standard InChI is InChI=1S/C27H36ClN3O6Si/c1-38(2,3)11-10-34-18-35-16-21-12-24(37-23-8-9-31-22(13-23)17-36-27(31)33)14-25(30-21)26(32)29-15-19-4-6-20(28)7-5-19/h4-7,12,14,22-23H,8-11,13,15-18H2,1-3H3,(H,29,32)/t22-,23-/m0/s1. The van der Waals surface area contributed by atoms with Gasteiger partial charge in [0.25, 0.3) is 5.91 Å². The number of carbonyl (C=O) groups is 2. The number of piperidine rings is 1. The molecule has 0 radical (unpaired) electrons. The fourth-order valence-electron chi connectivity index (χ4n) is 4.30. The molecule has 2 fully saturated rings. The normalized spacial score (nSPS) is 19.2. The highest BCUT2D eigenvalue weighted by molar-refractivity contribution is 6.76. The fourth-order valence-corrected chi connectivity index (χ4v) is 5.18. The maximum absolute atomic E-state index is 13.0. The number of cyclic esters (lactones) is 1. The molecular formula is C27H36ClN3O6Si. The number of rotatable bonds is 12. The monoisotopic (exact) mass is 561 g/mol. The quantitative estimate of drug-likeness (QED) is 0.224. The predicted octanol–water partition coefficient (Wildman–Crippen LogP) is 4.86. The molecule has 206 valence electrons. The van der Waals surface area contributed by atoms with Gasteiger partial charge in [0.2, 0.25) is 0 Å². The van der Waals surface area contributed by atoms with Crippen molar-refractivity contribution in [1.29, 1.82) is 0 Å². The van der Waals surface area contributed by atoms with Gasteiger partial charge in [-0.25, -0.2) is 9.78 Å². The summed E-state index contributed by atoms with van der Waals surface area (Å²) in [5.74, 6) is 0.223. The summed E-state index contributed by atoms with van der Waals surface area (Å²) in [5.41, 5.74) is 1.74. The second kappa shape index (κ2) is 12.9. The molecule has 38 heavy (non-hydrogen) atoms. The molecule has 11 heteroatoms. The van der Waals surface area contributed by atoms with Gasteiger partial charge in [0.05, 0.1) is 18.3 Å². The van der Waals surface area contributed by atoms with Crippen molar-refractivity contribution in [2.45, 2.75) is 63.8 Å². The number of amides is 2. The van der Waals surface area contributed by atoms with Crippen molar-refractivity contribution in [3.05, 3.63) is 58.4 Å². The van der Waals surface area contributed by atoms with Crippen LogP contribution in [0.2, 0.25) is 30.7 Å². The summed E-state index contributed by atoms with van der Waals surface area (Å²) in [6, 6.07) is 11.8. The zero-order valence-corrected chi connectivity index (χ0v) is 24.0. The molecule has 0 saturated carbocycles. The predicted molar refractivity (Wildman–Crippen MR) is 146 cm³/mol. The van der Waals surface area contributed by atoms with Gasteiger partial charge in [-0.15, -0.1) is 0 Å². The molecule has 3 heterocycles. The Morgan fingerprint density at radius 1 is 1.21 bits per heavy atom. The maximum Gasteiger partial charge on any atom is 0.410 e. The Hall–Kier alpha value is -2.66. The first kappa shape index (κ1) is 28.3. The lowest BCUT2D eigenvalue weighted by atomic mass is 10.0. The number of benzene rings is 1. The zero-order chi connectivity index (χ0) is 27.1. The number of hydrogen-bond acceptors (Lipinski definition) is 7. The Bertz CT molecular complexity index is 1110. The minimum absolute atomic E-state index is 0.0151. The average molecular weight is 562 g/mol. The summed E-state index contributed by atoms with van der Waals surface area (Å²) in [4.78, 5) is 31.1. The molecule has 4 rings (SSSR count). The first-order chi connectivity index (χ1) is 18.2. The van der Waals surface area contributed by atoms with E-state index in [0.717, 1.165) is 11.6 Å². The number of nitrogens with zero attached hydrogens (tertiary/aromatic N) is 2. The highest BCUT2D eigenvalue weighted by Crippen LogP contribution is 2.27. The van der Waals surface area contributed by atoms with Crippen LogP contribution in [0, 0.1) is 0 Å². The molecule has 2 saturated heterocycles. The molecule has 1 N–H and O–H groups in total. The van der Waals surface area contributed by atoms with Crippen LogP contribution in [-0.4, -0.2) is 68.7 Å². The van der Waals surface area contributed by atoms with Gasteiger partial charge in [-0.2, -0.15) is 0 Å². The number of carbonyl (C=O) groups excluding carboxylic acids is 2. The van der Waals surface area contributed by atoms with Crippen molar-refractivity contribution in [3.8, 4) is 5.75 Å². The van der Waals surface area contributed by atoms with Crippen LogP contribution in [0.5, 0.6) is 5.75 Å². The summed E-state index contributed by atoms with van der Waals surface area (Å²) >= 11 is 5.95. The van der Waals surface area contributed by atoms with E-state index in [1.165, 1.54) is 0 Å². The highest BCUT2D eigenvalue weighted by Gasteiger charge is 2.39. The second-order valence-corrected chi connectivity index (χ2v) is 16.9. The number of hydrogen-bond donors (Lipinski definition) is 1. The zero-order valence-electron chi connectivity index (χ0n) is 22.2. The van der Waals surface area contributed by atoms with E-state index in [-0.39, 0.29) is 43.2 Å². The molecule has 0 aliphatic carbocycles. The molecule has 2 aromatic rings. The second-order valence-electron chi connectivity index (χ2n) is 10.9. The van der Waals surface area contributed by atoms with Crippen molar-refractivity contribution in [2.75, 3.05) is 26.6 Å². The molecule has 9 nitrogen and oxygen atoms in total. The van der Waals surface area contributed by atoms with Crippen LogP contribution in [0.4, 0.5) is 4.79 Å². The lowest BCUT2D eigenvalue weighted by molar-refractivity contribution is -0.0583. The third-order valence-electron chi connectivity index (χ3n) is 6.47. The molecule has 2 atom stereocenters. The van der Waals surface area contributed by atoms with Gasteiger partial charge in [0, 0.05) is 57.8 Å². The molecule has 0 spiro atoms. The lowest BCUT2D eigenvalue weighted by Crippen LogP contribution is -2.44. The number of aromatic nitrogens is 1. The van der Waals surface area contributed by atoms with E-state index >= 15 is 0 Å². The van der Waals surface area contributed by atoms with Crippen LogP contribution in [0.25, 0.3) is 0 Å². The first-order valence-corrected chi connectivity index (χ1v) is 17.0. The van der Waals surface area contributed by atoms with Gasteiger partial charge < -0.3 is 29.2 Å². The van der Waals surface area contributed by atoms with Crippen molar-refractivity contribution in [3.63, 3.8) is 0 Å². The first-order valence-electron chi connectivity index (χ1n) is 13.0. The van der Waals surface area contributed by atoms with Gasteiger partial charge in [-0.3, -0.25) is 4.79 Å². The molecular weight excluding hydrogens is 526 g/mol. The van der Waals surface area contributed by atoms with Gasteiger partial charge in [-0.1, -0.05) is 43.4 Å². The van der Waals surface area contributed by atoms with E-state index in [2.05, 4.69) is 29.9 Å². The van der Waals surface area contributed by atoms with Crippen LogP contribution in [0.15, 0.2) is 36.4 Å². The van der Waals surface area contributed by atoms with Gasteiger partial charge in [0.15, 0.2) is 0 Å². The van der Waals surface area contributed by atoms with E-state index in [1.807, 2.05) is 12.1 Å². The number of pyridine rings is 1. The minimum Gasteiger partial charge on any atom is -0.490 e. The third kappa shape index (κ3) is 8.42. The smallest absolute Gasteiger partial charge is 0.410 e. The summed E-state index contributed by atoms with van der Waals surface area (Å²) in [6.07, 6.45) is 0.992. The molecule has 0 unspecified atom stereocenters. The van der Waals surface area contributed by atoms with Crippen LogP contribution in [0.1, 0.15) is 34.6 Å². The summed E-state index contributed by atoms with van der Waals surface area (Å²) in [6.45, 7) is 9.20. The topological polar surface area (TPSA) is 99.2 Å². The summed E-state index contributed by atoms with van der Waals surface area (Å²) in [5, 5.41) is 3.54.